The van der Waals surface area contributed by atoms with Crippen molar-refractivity contribution in [2.24, 2.45) is 0 Å². The second-order valence-electron chi connectivity index (χ2n) is 1.87. The number of esters is 1. The maximum absolute atomic E-state index is 10.7. The van der Waals surface area contributed by atoms with Gasteiger partial charge in [0.05, 0.1) is 0 Å². The predicted octanol–water partition coefficient (Wildman–Crippen LogP) is 2.01. The number of carbonyl (C=O) groups excluding carboxylic acids is 1. The van der Waals surface area contributed by atoms with Crippen LogP contribution in [0.25, 0.3) is 0 Å². The van der Waals surface area contributed by atoms with E-state index in [0.717, 1.165) is 0 Å². The van der Waals surface area contributed by atoms with Gasteiger partial charge in [0.25, 0.3) is 0 Å². The van der Waals surface area contributed by atoms with Crippen molar-refractivity contribution in [1.29, 1.82) is 0 Å². The van der Waals surface area contributed by atoms with Crippen molar-refractivity contribution in [1.82, 2.24) is 0 Å². The normalized spacial score (nSPS) is 8.60. The monoisotopic (exact) mass is 204 g/mol. The zero-order chi connectivity index (χ0) is 8.15. The average Bonchev–Trinajstić information content (AvgIpc) is 1.82. The van der Waals surface area contributed by atoms with Gasteiger partial charge in [0.2, 0.25) is 0 Å². The van der Waals surface area contributed by atoms with Crippen LogP contribution in [0.5, 0.6) is 0 Å². The molecule has 0 aromatic heterocycles. The summed E-state index contributed by atoms with van der Waals surface area (Å²) in [6.45, 7) is 8.71. The minimum atomic E-state index is -0.388. The van der Waals surface area contributed by atoms with Crippen molar-refractivity contribution in [2.75, 3.05) is 6.61 Å². The van der Waals surface area contributed by atoms with Crippen LogP contribution in [-0.2, 0) is 9.53 Å². The first-order chi connectivity index (χ1) is 4.54. The standard InChI is InChI=1S/C7H9BrO2/c1-5(2)7(9)10-4-6(3)8/h1,3-4H2,2H3. The third-order valence-corrected chi connectivity index (χ3v) is 0.937. The summed E-state index contributed by atoms with van der Waals surface area (Å²) < 4.78 is 5.32. The molecule has 0 spiro atoms. The Morgan fingerprint density at radius 3 is 2.40 bits per heavy atom. The summed E-state index contributed by atoms with van der Waals surface area (Å²) in [7, 11) is 0. The summed E-state index contributed by atoms with van der Waals surface area (Å²) >= 11 is 3.05. The van der Waals surface area contributed by atoms with Crippen molar-refractivity contribution in [3.05, 3.63) is 23.2 Å². The van der Waals surface area contributed by atoms with Gasteiger partial charge < -0.3 is 4.74 Å². The number of hydrogen-bond donors (Lipinski definition) is 0. The Hall–Kier alpha value is -0.570. The third-order valence-electron chi connectivity index (χ3n) is 0.708. The zero-order valence-electron chi connectivity index (χ0n) is 5.82. The highest BCUT2D eigenvalue weighted by molar-refractivity contribution is 9.11. The minimum Gasteiger partial charge on any atom is -0.457 e. The van der Waals surface area contributed by atoms with Gasteiger partial charge in [-0.1, -0.05) is 29.1 Å². The minimum absolute atomic E-state index is 0.200. The zero-order valence-corrected chi connectivity index (χ0v) is 7.40. The molecule has 0 radical (unpaired) electrons. The van der Waals surface area contributed by atoms with E-state index in [4.69, 9.17) is 0 Å². The largest absolute Gasteiger partial charge is 0.457 e. The summed E-state index contributed by atoms with van der Waals surface area (Å²) in [5.74, 6) is -0.388. The van der Waals surface area contributed by atoms with Gasteiger partial charge in [0, 0.05) is 10.1 Å². The van der Waals surface area contributed by atoms with E-state index >= 15 is 0 Å². The van der Waals surface area contributed by atoms with Crippen LogP contribution in [0.2, 0.25) is 0 Å². The SMILES string of the molecule is C=C(Br)COC(=O)C(=C)C. The molecule has 0 unspecified atom stereocenters. The summed E-state index contributed by atoms with van der Waals surface area (Å²) in [6, 6.07) is 0. The molecule has 3 heteroatoms. The lowest BCUT2D eigenvalue weighted by molar-refractivity contribution is -0.137. The highest BCUT2D eigenvalue weighted by Gasteiger charge is 2.01. The first kappa shape index (κ1) is 9.43. The summed E-state index contributed by atoms with van der Waals surface area (Å²) in [6.07, 6.45) is 0. The third kappa shape index (κ3) is 4.32. The Morgan fingerprint density at radius 1 is 1.60 bits per heavy atom. The van der Waals surface area contributed by atoms with Gasteiger partial charge in [-0.2, -0.15) is 0 Å². The number of carbonyl (C=O) groups is 1. The Labute approximate surface area is 68.7 Å². The van der Waals surface area contributed by atoms with E-state index in [1.807, 2.05) is 0 Å². The van der Waals surface area contributed by atoms with Gasteiger partial charge in [-0.3, -0.25) is 0 Å². The summed E-state index contributed by atoms with van der Waals surface area (Å²) in [5, 5.41) is 0. The Balaban J connectivity index is 3.60. The van der Waals surface area contributed by atoms with E-state index < -0.39 is 0 Å². The van der Waals surface area contributed by atoms with Crippen molar-refractivity contribution in [2.45, 2.75) is 6.92 Å². The van der Waals surface area contributed by atoms with Crippen LogP contribution < -0.4 is 0 Å². The van der Waals surface area contributed by atoms with Gasteiger partial charge in [-0.15, -0.1) is 0 Å². The molecule has 0 heterocycles. The number of hydrogen-bond acceptors (Lipinski definition) is 2. The van der Waals surface area contributed by atoms with Gasteiger partial charge in [0.1, 0.15) is 6.61 Å². The second kappa shape index (κ2) is 4.28. The second-order valence-corrected chi connectivity index (χ2v) is 3.00. The predicted molar refractivity (Wildman–Crippen MR) is 43.8 cm³/mol. The van der Waals surface area contributed by atoms with Crippen LogP contribution in [0.15, 0.2) is 23.2 Å². The highest BCUT2D eigenvalue weighted by Crippen LogP contribution is 2.02. The molecule has 0 fully saturated rings. The Kier molecular flexibility index (Phi) is 4.03. The van der Waals surface area contributed by atoms with Crippen LogP contribution in [0.1, 0.15) is 6.92 Å². The Bertz CT molecular complexity index is 172. The molecular formula is C7H9BrO2. The molecule has 0 aliphatic heterocycles. The number of ether oxygens (including phenoxy) is 1. The molecule has 0 aliphatic rings. The lowest BCUT2D eigenvalue weighted by atomic mass is 10.4. The quantitative estimate of drug-likeness (QED) is 0.520. The van der Waals surface area contributed by atoms with Crippen molar-refractivity contribution in [3.63, 3.8) is 0 Å². The van der Waals surface area contributed by atoms with E-state index in [-0.39, 0.29) is 12.6 Å². The fourth-order valence-electron chi connectivity index (χ4n) is 0.267. The lowest BCUT2D eigenvalue weighted by Gasteiger charge is -2.00. The molecule has 10 heavy (non-hydrogen) atoms. The lowest BCUT2D eigenvalue weighted by Crippen LogP contribution is -2.05. The molecule has 0 bridgehead atoms. The fraction of sp³-hybridized carbons (Fsp3) is 0.286. The summed E-state index contributed by atoms with van der Waals surface area (Å²) in [5.41, 5.74) is 0.397. The topological polar surface area (TPSA) is 26.3 Å². The smallest absolute Gasteiger partial charge is 0.333 e. The molecule has 0 aliphatic carbocycles. The fourth-order valence-corrected chi connectivity index (χ4v) is 0.382. The van der Waals surface area contributed by atoms with E-state index in [0.29, 0.717) is 10.1 Å². The number of rotatable bonds is 3. The molecule has 0 aromatic rings. The molecule has 0 saturated carbocycles. The van der Waals surface area contributed by atoms with Crippen LogP contribution in [0, 0.1) is 0 Å². The highest BCUT2D eigenvalue weighted by atomic mass is 79.9. The van der Waals surface area contributed by atoms with E-state index in [2.05, 4.69) is 33.8 Å². The van der Waals surface area contributed by atoms with E-state index in [9.17, 15) is 4.79 Å². The molecule has 2 nitrogen and oxygen atoms in total. The number of halogens is 1. The molecular weight excluding hydrogens is 196 g/mol. The first-order valence-corrected chi connectivity index (χ1v) is 3.49. The first-order valence-electron chi connectivity index (χ1n) is 2.70. The summed E-state index contributed by atoms with van der Waals surface area (Å²) in [4.78, 5) is 10.7. The van der Waals surface area contributed by atoms with Gasteiger partial charge in [0.15, 0.2) is 0 Å². The van der Waals surface area contributed by atoms with Crippen LogP contribution >= 0.6 is 15.9 Å². The van der Waals surface area contributed by atoms with Gasteiger partial charge in [-0.05, 0) is 6.92 Å². The molecule has 0 amide bonds. The van der Waals surface area contributed by atoms with E-state index in [1.54, 1.807) is 6.92 Å². The maximum atomic E-state index is 10.7. The van der Waals surface area contributed by atoms with Crippen LogP contribution in [-0.4, -0.2) is 12.6 Å². The van der Waals surface area contributed by atoms with Crippen molar-refractivity contribution >= 4 is 21.9 Å². The molecule has 0 saturated heterocycles. The van der Waals surface area contributed by atoms with Crippen molar-refractivity contribution in [3.8, 4) is 0 Å². The molecule has 0 atom stereocenters. The van der Waals surface area contributed by atoms with Crippen LogP contribution in [0.3, 0.4) is 0 Å². The van der Waals surface area contributed by atoms with Crippen molar-refractivity contribution < 1.29 is 9.53 Å². The van der Waals surface area contributed by atoms with Gasteiger partial charge in [-0.25, -0.2) is 4.79 Å². The molecule has 56 valence electrons. The molecule has 0 rings (SSSR count). The molecule has 0 N–H and O–H groups in total. The maximum Gasteiger partial charge on any atom is 0.333 e. The molecule has 0 aromatic carbocycles. The Morgan fingerprint density at radius 2 is 2.10 bits per heavy atom. The average molecular weight is 205 g/mol. The van der Waals surface area contributed by atoms with Gasteiger partial charge >= 0.3 is 5.97 Å². The van der Waals surface area contributed by atoms with Crippen LogP contribution in [0.4, 0.5) is 0 Å². The van der Waals surface area contributed by atoms with E-state index in [1.165, 1.54) is 0 Å².